The smallest absolute Gasteiger partial charge is 0.374 e. The molecular formula is C8H12O5. The summed E-state index contributed by atoms with van der Waals surface area (Å²) in [5.74, 6) is -2.87. The van der Waals surface area contributed by atoms with Crippen molar-refractivity contribution in [2.75, 3.05) is 14.2 Å². The molecule has 0 saturated heterocycles. The number of hydrogen-bond donors (Lipinski definition) is 0. The Labute approximate surface area is 76.0 Å². The van der Waals surface area contributed by atoms with Crippen LogP contribution in [0.4, 0.5) is 0 Å². The predicted octanol–water partition coefficient (Wildman–Crippen LogP) is -0.0723. The Bertz CT molecular complexity index is 221. The first-order valence-corrected chi connectivity index (χ1v) is 3.71. The van der Waals surface area contributed by atoms with E-state index in [1.807, 2.05) is 0 Å². The Morgan fingerprint density at radius 3 is 2.08 bits per heavy atom. The van der Waals surface area contributed by atoms with Gasteiger partial charge < -0.3 is 9.47 Å². The summed E-state index contributed by atoms with van der Waals surface area (Å²) >= 11 is 0. The highest BCUT2D eigenvalue weighted by Crippen LogP contribution is 2.05. The third kappa shape index (κ3) is 3.68. The Hall–Kier alpha value is -1.39. The Morgan fingerprint density at radius 1 is 1.15 bits per heavy atom. The molecule has 1 unspecified atom stereocenters. The summed E-state index contributed by atoms with van der Waals surface area (Å²) in [5.41, 5.74) is 0. The summed E-state index contributed by atoms with van der Waals surface area (Å²) in [6.07, 6.45) is -0.107. The molecule has 0 aliphatic rings. The molecule has 0 aromatic rings. The van der Waals surface area contributed by atoms with Gasteiger partial charge in [-0.05, 0) is 0 Å². The molecule has 0 aromatic heterocycles. The third-order valence-electron chi connectivity index (χ3n) is 1.53. The van der Waals surface area contributed by atoms with Crippen LogP contribution >= 0.6 is 0 Å². The van der Waals surface area contributed by atoms with Crippen molar-refractivity contribution >= 4 is 17.7 Å². The molecule has 0 radical (unpaired) electrons. The molecule has 0 heterocycles. The first-order chi connectivity index (χ1) is 6.02. The fourth-order valence-corrected chi connectivity index (χ4v) is 0.728. The third-order valence-corrected chi connectivity index (χ3v) is 1.53. The van der Waals surface area contributed by atoms with Crippen LogP contribution in [0.15, 0.2) is 0 Å². The SMILES string of the molecule is COC(=O)CC(C)C(=O)C(=O)OC. The minimum atomic E-state index is -0.934. The van der Waals surface area contributed by atoms with Gasteiger partial charge in [0.25, 0.3) is 0 Å². The van der Waals surface area contributed by atoms with E-state index in [9.17, 15) is 14.4 Å². The van der Waals surface area contributed by atoms with E-state index in [0.29, 0.717) is 0 Å². The summed E-state index contributed by atoms with van der Waals surface area (Å²) in [6.45, 7) is 1.47. The van der Waals surface area contributed by atoms with Crippen LogP contribution in [0.1, 0.15) is 13.3 Å². The number of hydrogen-bond acceptors (Lipinski definition) is 5. The van der Waals surface area contributed by atoms with Crippen molar-refractivity contribution in [2.24, 2.45) is 5.92 Å². The quantitative estimate of drug-likeness (QED) is 0.456. The minimum absolute atomic E-state index is 0.107. The Balaban J connectivity index is 4.11. The normalized spacial score (nSPS) is 11.6. The number of carbonyl (C=O) groups excluding carboxylic acids is 3. The van der Waals surface area contributed by atoms with Crippen molar-refractivity contribution in [1.29, 1.82) is 0 Å². The first-order valence-electron chi connectivity index (χ1n) is 3.71. The van der Waals surface area contributed by atoms with Gasteiger partial charge in [0, 0.05) is 5.92 Å². The van der Waals surface area contributed by atoms with E-state index in [-0.39, 0.29) is 6.42 Å². The van der Waals surface area contributed by atoms with Gasteiger partial charge in [-0.3, -0.25) is 9.59 Å². The average molecular weight is 188 g/mol. The van der Waals surface area contributed by atoms with Gasteiger partial charge in [-0.25, -0.2) is 4.79 Å². The summed E-state index contributed by atoms with van der Waals surface area (Å²) in [7, 11) is 2.34. The Kier molecular flexibility index (Phi) is 4.72. The number of ether oxygens (including phenoxy) is 2. The van der Waals surface area contributed by atoms with E-state index in [1.165, 1.54) is 14.0 Å². The number of rotatable bonds is 4. The van der Waals surface area contributed by atoms with Gasteiger partial charge in [0.05, 0.1) is 20.6 Å². The zero-order valence-electron chi connectivity index (χ0n) is 7.83. The largest absolute Gasteiger partial charge is 0.469 e. The number of carbonyl (C=O) groups is 3. The molecule has 0 bridgehead atoms. The molecular weight excluding hydrogens is 176 g/mol. The zero-order valence-corrected chi connectivity index (χ0v) is 7.83. The van der Waals surface area contributed by atoms with Crippen LogP contribution in [0.5, 0.6) is 0 Å². The molecule has 0 N–H and O–H groups in total. The van der Waals surface area contributed by atoms with Gasteiger partial charge in [0.1, 0.15) is 0 Å². The monoisotopic (exact) mass is 188 g/mol. The summed E-state index contributed by atoms with van der Waals surface area (Å²) < 4.78 is 8.55. The standard InChI is InChI=1S/C8H12O5/c1-5(4-6(9)12-2)7(10)8(11)13-3/h5H,4H2,1-3H3. The van der Waals surface area contributed by atoms with Crippen LogP contribution in [0.25, 0.3) is 0 Å². The molecule has 1 atom stereocenters. The van der Waals surface area contributed by atoms with E-state index in [4.69, 9.17) is 0 Å². The molecule has 5 nitrogen and oxygen atoms in total. The summed E-state index contributed by atoms with van der Waals surface area (Å²) in [4.78, 5) is 32.5. The van der Waals surface area contributed by atoms with Crippen molar-refractivity contribution in [3.05, 3.63) is 0 Å². The second kappa shape index (κ2) is 5.29. The fraction of sp³-hybridized carbons (Fsp3) is 0.625. The van der Waals surface area contributed by atoms with Gasteiger partial charge in [-0.1, -0.05) is 6.92 Å². The van der Waals surface area contributed by atoms with E-state index >= 15 is 0 Å². The summed E-state index contributed by atoms with van der Waals surface area (Å²) in [5, 5.41) is 0. The molecule has 5 heteroatoms. The van der Waals surface area contributed by atoms with Gasteiger partial charge in [-0.2, -0.15) is 0 Å². The molecule has 0 amide bonds. The first kappa shape index (κ1) is 11.6. The topological polar surface area (TPSA) is 69.7 Å². The molecule has 74 valence electrons. The van der Waals surface area contributed by atoms with Crippen molar-refractivity contribution < 1.29 is 23.9 Å². The van der Waals surface area contributed by atoms with E-state index in [1.54, 1.807) is 0 Å². The number of methoxy groups -OCH3 is 2. The number of Topliss-reactive ketones (excluding diaryl/α,β-unsaturated/α-hetero) is 1. The predicted molar refractivity (Wildman–Crippen MR) is 42.8 cm³/mol. The highest BCUT2D eigenvalue weighted by Gasteiger charge is 2.24. The molecule has 0 saturated carbocycles. The molecule has 13 heavy (non-hydrogen) atoms. The maximum Gasteiger partial charge on any atom is 0.374 e. The van der Waals surface area contributed by atoms with Crippen LogP contribution < -0.4 is 0 Å². The van der Waals surface area contributed by atoms with Crippen LogP contribution in [0.2, 0.25) is 0 Å². The highest BCUT2D eigenvalue weighted by atomic mass is 16.5. The zero-order chi connectivity index (χ0) is 10.4. The van der Waals surface area contributed by atoms with Crippen LogP contribution in [-0.4, -0.2) is 31.9 Å². The van der Waals surface area contributed by atoms with Crippen molar-refractivity contribution in [3.8, 4) is 0 Å². The van der Waals surface area contributed by atoms with Crippen LogP contribution in [0, 0.1) is 5.92 Å². The molecule has 0 rings (SSSR count). The lowest BCUT2D eigenvalue weighted by molar-refractivity contribution is -0.154. The number of esters is 2. The van der Waals surface area contributed by atoms with Gasteiger partial charge in [0.2, 0.25) is 5.78 Å². The highest BCUT2D eigenvalue weighted by molar-refractivity contribution is 6.34. The molecule has 0 aliphatic carbocycles. The lowest BCUT2D eigenvalue weighted by Gasteiger charge is -2.06. The fourth-order valence-electron chi connectivity index (χ4n) is 0.728. The molecule has 0 aromatic carbocycles. The second-order valence-corrected chi connectivity index (χ2v) is 2.54. The van der Waals surface area contributed by atoms with Crippen molar-refractivity contribution in [2.45, 2.75) is 13.3 Å². The van der Waals surface area contributed by atoms with E-state index < -0.39 is 23.6 Å². The summed E-state index contributed by atoms with van der Waals surface area (Å²) in [6, 6.07) is 0. The molecule has 0 aliphatic heterocycles. The lowest BCUT2D eigenvalue weighted by atomic mass is 10.0. The van der Waals surface area contributed by atoms with Crippen LogP contribution in [-0.2, 0) is 23.9 Å². The maximum absolute atomic E-state index is 11.0. The van der Waals surface area contributed by atoms with E-state index in [0.717, 1.165) is 7.11 Å². The van der Waals surface area contributed by atoms with Crippen molar-refractivity contribution in [3.63, 3.8) is 0 Å². The maximum atomic E-state index is 11.0. The average Bonchev–Trinajstić information content (AvgIpc) is 2.14. The molecule has 0 spiro atoms. The van der Waals surface area contributed by atoms with Gasteiger partial charge in [0.15, 0.2) is 0 Å². The second-order valence-electron chi connectivity index (χ2n) is 2.54. The van der Waals surface area contributed by atoms with Crippen molar-refractivity contribution in [1.82, 2.24) is 0 Å². The van der Waals surface area contributed by atoms with Gasteiger partial charge in [-0.15, -0.1) is 0 Å². The lowest BCUT2D eigenvalue weighted by Crippen LogP contribution is -2.25. The Morgan fingerprint density at radius 2 is 1.69 bits per heavy atom. The van der Waals surface area contributed by atoms with E-state index in [2.05, 4.69) is 9.47 Å². The van der Waals surface area contributed by atoms with Crippen LogP contribution in [0.3, 0.4) is 0 Å². The number of ketones is 1. The minimum Gasteiger partial charge on any atom is -0.469 e. The molecule has 0 fully saturated rings. The van der Waals surface area contributed by atoms with Gasteiger partial charge >= 0.3 is 11.9 Å².